The first kappa shape index (κ1) is 14.2. The average molecular weight is 355 g/mol. The van der Waals surface area contributed by atoms with Crippen molar-refractivity contribution in [3.05, 3.63) is 56.2 Å². The lowest BCUT2D eigenvalue weighted by atomic mass is 10.1. The molecule has 2 rings (SSSR count). The number of thiophene rings is 1. The maximum atomic E-state index is 11.9. The molecule has 0 fully saturated rings. The maximum absolute atomic E-state index is 11.9. The Morgan fingerprint density at radius 1 is 1.37 bits per heavy atom. The number of amides is 1. The number of carbonyl (C=O) groups is 1. The van der Waals surface area contributed by atoms with Gasteiger partial charge in [0.25, 0.3) is 5.91 Å². The van der Waals surface area contributed by atoms with Crippen molar-refractivity contribution in [1.82, 2.24) is 5.32 Å². The number of rotatable bonds is 4. The fourth-order valence-electron chi connectivity index (χ4n) is 1.54. The fourth-order valence-corrected chi connectivity index (χ4v) is 2.97. The van der Waals surface area contributed by atoms with E-state index in [0.717, 1.165) is 14.9 Å². The van der Waals surface area contributed by atoms with Gasteiger partial charge in [0.1, 0.15) is 4.99 Å². The average Bonchev–Trinajstić information content (AvgIpc) is 2.83. The van der Waals surface area contributed by atoms with Crippen molar-refractivity contribution >= 4 is 50.4 Å². The summed E-state index contributed by atoms with van der Waals surface area (Å²) < 4.78 is 0.938. The predicted octanol–water partition coefficient (Wildman–Crippen LogP) is 3.07. The van der Waals surface area contributed by atoms with Gasteiger partial charge >= 0.3 is 0 Å². The first-order valence-corrected chi connectivity index (χ1v) is 7.50. The Kier molecular flexibility index (Phi) is 4.68. The molecule has 19 heavy (non-hydrogen) atoms. The minimum atomic E-state index is -0.0866. The molecule has 0 saturated heterocycles. The maximum Gasteiger partial charge on any atom is 0.261 e. The van der Waals surface area contributed by atoms with Crippen LogP contribution in [0, 0.1) is 0 Å². The van der Waals surface area contributed by atoms with Crippen LogP contribution in [0.3, 0.4) is 0 Å². The van der Waals surface area contributed by atoms with Crippen LogP contribution in [-0.2, 0) is 6.54 Å². The third-order valence-corrected chi connectivity index (χ3v) is 4.32. The lowest BCUT2D eigenvalue weighted by Crippen LogP contribution is -2.22. The monoisotopic (exact) mass is 354 g/mol. The molecule has 6 heteroatoms. The highest BCUT2D eigenvalue weighted by Crippen LogP contribution is 2.21. The Hall–Kier alpha value is -1.24. The summed E-state index contributed by atoms with van der Waals surface area (Å²) in [6.07, 6.45) is 0. The number of hydrogen-bond donors (Lipinski definition) is 2. The number of halogens is 1. The molecule has 2 aromatic rings. The molecular formula is C13H11BrN2OS2. The molecule has 1 amide bonds. The van der Waals surface area contributed by atoms with Crippen molar-refractivity contribution < 1.29 is 4.79 Å². The van der Waals surface area contributed by atoms with E-state index in [4.69, 9.17) is 18.0 Å². The van der Waals surface area contributed by atoms with Gasteiger partial charge in [0.15, 0.2) is 0 Å². The van der Waals surface area contributed by atoms with Gasteiger partial charge in [-0.3, -0.25) is 4.79 Å². The molecule has 0 saturated carbocycles. The second-order valence-electron chi connectivity index (χ2n) is 3.85. The summed E-state index contributed by atoms with van der Waals surface area (Å²) in [6.45, 7) is 0.449. The van der Waals surface area contributed by atoms with Crippen molar-refractivity contribution in [3.63, 3.8) is 0 Å². The molecule has 0 aliphatic carbocycles. The SMILES string of the molecule is NC(=S)c1cccc(CNC(=O)c2ccc(Br)s2)c1. The number of carbonyl (C=O) groups excluding carboxylic acids is 1. The second-order valence-corrected chi connectivity index (χ2v) is 6.75. The van der Waals surface area contributed by atoms with Crippen LogP contribution in [0.4, 0.5) is 0 Å². The van der Waals surface area contributed by atoms with Gasteiger partial charge in [0.2, 0.25) is 0 Å². The highest BCUT2D eigenvalue weighted by atomic mass is 79.9. The Morgan fingerprint density at radius 3 is 2.79 bits per heavy atom. The minimum absolute atomic E-state index is 0.0866. The van der Waals surface area contributed by atoms with E-state index in [-0.39, 0.29) is 5.91 Å². The van der Waals surface area contributed by atoms with E-state index in [1.165, 1.54) is 11.3 Å². The standard InChI is InChI=1S/C13H11BrN2OS2/c14-11-5-4-10(19-11)13(17)16-7-8-2-1-3-9(6-8)12(15)18/h1-6H,7H2,(H2,15,18)(H,16,17). The quantitative estimate of drug-likeness (QED) is 0.829. The molecule has 0 spiro atoms. The van der Waals surface area contributed by atoms with Crippen molar-refractivity contribution in [2.45, 2.75) is 6.54 Å². The zero-order valence-electron chi connectivity index (χ0n) is 9.85. The minimum Gasteiger partial charge on any atom is -0.389 e. The van der Waals surface area contributed by atoms with Crippen molar-refractivity contribution in [2.75, 3.05) is 0 Å². The summed E-state index contributed by atoms with van der Waals surface area (Å²) in [7, 11) is 0. The number of nitrogens with two attached hydrogens (primary N) is 1. The Bertz CT molecular complexity index is 625. The van der Waals surface area contributed by atoms with Crippen LogP contribution in [0.25, 0.3) is 0 Å². The summed E-state index contributed by atoms with van der Waals surface area (Å²) in [6, 6.07) is 11.2. The largest absolute Gasteiger partial charge is 0.389 e. The highest BCUT2D eigenvalue weighted by Gasteiger charge is 2.08. The molecule has 0 atom stereocenters. The van der Waals surface area contributed by atoms with Gasteiger partial charge in [-0.2, -0.15) is 0 Å². The van der Waals surface area contributed by atoms with Crippen LogP contribution in [0.1, 0.15) is 20.8 Å². The lowest BCUT2D eigenvalue weighted by molar-refractivity contribution is 0.0955. The summed E-state index contributed by atoms with van der Waals surface area (Å²) in [5.41, 5.74) is 7.35. The van der Waals surface area contributed by atoms with Gasteiger partial charge in [-0.15, -0.1) is 11.3 Å². The molecule has 1 heterocycles. The van der Waals surface area contributed by atoms with Crippen LogP contribution in [0.5, 0.6) is 0 Å². The molecule has 0 unspecified atom stereocenters. The number of thiocarbonyl (C=S) groups is 1. The summed E-state index contributed by atoms with van der Waals surface area (Å²) in [5.74, 6) is -0.0866. The van der Waals surface area contributed by atoms with E-state index in [1.807, 2.05) is 30.3 Å². The zero-order chi connectivity index (χ0) is 13.8. The topological polar surface area (TPSA) is 55.1 Å². The summed E-state index contributed by atoms with van der Waals surface area (Å²) in [4.78, 5) is 12.9. The molecule has 3 nitrogen and oxygen atoms in total. The van der Waals surface area contributed by atoms with Gasteiger partial charge < -0.3 is 11.1 Å². The van der Waals surface area contributed by atoms with E-state index < -0.39 is 0 Å². The third kappa shape index (κ3) is 3.86. The fraction of sp³-hybridized carbons (Fsp3) is 0.0769. The van der Waals surface area contributed by atoms with Crippen LogP contribution >= 0.6 is 39.5 Å². The predicted molar refractivity (Wildman–Crippen MR) is 85.5 cm³/mol. The Morgan fingerprint density at radius 2 is 2.16 bits per heavy atom. The molecule has 0 bridgehead atoms. The van der Waals surface area contributed by atoms with Crippen LogP contribution in [0.2, 0.25) is 0 Å². The van der Waals surface area contributed by atoms with Crippen LogP contribution in [-0.4, -0.2) is 10.9 Å². The highest BCUT2D eigenvalue weighted by molar-refractivity contribution is 9.11. The molecule has 98 valence electrons. The smallest absolute Gasteiger partial charge is 0.261 e. The molecule has 0 aliphatic heterocycles. The third-order valence-electron chi connectivity index (χ3n) is 2.46. The van der Waals surface area contributed by atoms with Crippen molar-refractivity contribution in [3.8, 4) is 0 Å². The number of nitrogens with one attached hydrogen (secondary N) is 1. The summed E-state index contributed by atoms with van der Waals surface area (Å²) in [5, 5.41) is 2.86. The molecule has 1 aromatic carbocycles. The first-order valence-electron chi connectivity index (χ1n) is 5.48. The van der Waals surface area contributed by atoms with Gasteiger partial charge in [-0.05, 0) is 39.7 Å². The molecule has 0 radical (unpaired) electrons. The van der Waals surface area contributed by atoms with Crippen molar-refractivity contribution in [1.29, 1.82) is 0 Å². The van der Waals surface area contributed by atoms with E-state index in [0.29, 0.717) is 16.4 Å². The van der Waals surface area contributed by atoms with Crippen LogP contribution < -0.4 is 11.1 Å². The normalized spacial score (nSPS) is 10.2. The van der Waals surface area contributed by atoms with E-state index in [2.05, 4.69) is 21.2 Å². The zero-order valence-corrected chi connectivity index (χ0v) is 13.1. The lowest BCUT2D eigenvalue weighted by Gasteiger charge is -2.05. The second kappa shape index (κ2) is 6.27. The Labute approximate surface area is 129 Å². The van der Waals surface area contributed by atoms with E-state index in [1.54, 1.807) is 6.07 Å². The van der Waals surface area contributed by atoms with E-state index >= 15 is 0 Å². The number of hydrogen-bond acceptors (Lipinski definition) is 3. The first-order chi connectivity index (χ1) is 9.06. The van der Waals surface area contributed by atoms with Gasteiger partial charge in [0.05, 0.1) is 8.66 Å². The van der Waals surface area contributed by atoms with Crippen molar-refractivity contribution in [2.24, 2.45) is 5.73 Å². The molecule has 1 aromatic heterocycles. The number of benzene rings is 1. The summed E-state index contributed by atoms with van der Waals surface area (Å²) >= 11 is 9.66. The van der Waals surface area contributed by atoms with Gasteiger partial charge in [-0.1, -0.05) is 30.4 Å². The molecule has 0 aliphatic rings. The Balaban J connectivity index is 2.01. The molecular weight excluding hydrogens is 344 g/mol. The van der Waals surface area contributed by atoms with Gasteiger partial charge in [0, 0.05) is 12.1 Å². The molecule has 3 N–H and O–H groups in total. The van der Waals surface area contributed by atoms with Gasteiger partial charge in [-0.25, -0.2) is 0 Å². The van der Waals surface area contributed by atoms with E-state index in [9.17, 15) is 4.79 Å². The van der Waals surface area contributed by atoms with Crippen LogP contribution in [0.15, 0.2) is 40.2 Å².